The molecule has 0 aliphatic carbocycles. The Morgan fingerprint density at radius 2 is 2.16 bits per heavy atom. The number of ether oxygens (including phenoxy) is 1. The van der Waals surface area contributed by atoms with Crippen LogP contribution in [-0.4, -0.2) is 30.3 Å². The van der Waals surface area contributed by atoms with Gasteiger partial charge in [0, 0.05) is 26.3 Å². The van der Waals surface area contributed by atoms with E-state index in [2.05, 4.69) is 5.32 Å². The van der Waals surface area contributed by atoms with Crippen LogP contribution in [0.4, 0.5) is 11.4 Å². The molecule has 0 spiro atoms. The Hall–Kier alpha value is -1.66. The van der Waals surface area contributed by atoms with Crippen molar-refractivity contribution in [3.63, 3.8) is 0 Å². The second kappa shape index (κ2) is 8.44. The van der Waals surface area contributed by atoms with E-state index in [4.69, 9.17) is 9.84 Å². The van der Waals surface area contributed by atoms with Crippen molar-refractivity contribution in [3.8, 4) is 0 Å². The largest absolute Gasteiger partial charge is 0.392 e. The van der Waals surface area contributed by atoms with Crippen molar-refractivity contribution in [2.45, 2.75) is 25.9 Å². The Kier molecular flexibility index (Phi) is 6.84. The van der Waals surface area contributed by atoms with Gasteiger partial charge in [-0.3, -0.25) is 10.1 Å². The van der Waals surface area contributed by atoms with E-state index in [9.17, 15) is 10.1 Å². The summed E-state index contributed by atoms with van der Waals surface area (Å²) < 4.78 is 4.95. The number of nitrogens with zero attached hydrogens (tertiary/aromatic N) is 1. The number of nitro groups is 1. The Morgan fingerprint density at radius 3 is 2.79 bits per heavy atom. The quantitative estimate of drug-likeness (QED) is 0.408. The molecule has 0 unspecified atom stereocenters. The minimum atomic E-state index is -0.422. The topological polar surface area (TPSA) is 84.6 Å². The zero-order valence-corrected chi connectivity index (χ0v) is 11.1. The zero-order valence-electron chi connectivity index (χ0n) is 11.1. The van der Waals surface area contributed by atoms with Crippen LogP contribution in [0.2, 0.25) is 0 Å². The molecule has 0 atom stereocenters. The number of methoxy groups -OCH3 is 1. The lowest BCUT2D eigenvalue weighted by Crippen LogP contribution is -2.05. The molecule has 0 aliphatic heterocycles. The fraction of sp³-hybridized carbons (Fsp3) is 0.538. The smallest absolute Gasteiger partial charge is 0.292 e. The van der Waals surface area contributed by atoms with Gasteiger partial charge in [-0.1, -0.05) is 0 Å². The minimum Gasteiger partial charge on any atom is -0.392 e. The molecule has 0 heterocycles. The Labute approximate surface area is 112 Å². The Morgan fingerprint density at radius 1 is 1.37 bits per heavy atom. The van der Waals surface area contributed by atoms with Crippen molar-refractivity contribution in [3.05, 3.63) is 33.9 Å². The fourth-order valence-corrected chi connectivity index (χ4v) is 1.75. The third-order valence-electron chi connectivity index (χ3n) is 2.78. The second-order valence-corrected chi connectivity index (χ2v) is 4.25. The summed E-state index contributed by atoms with van der Waals surface area (Å²) in [4.78, 5) is 10.5. The molecular weight excluding hydrogens is 248 g/mol. The second-order valence-electron chi connectivity index (χ2n) is 4.25. The predicted molar refractivity (Wildman–Crippen MR) is 73.2 cm³/mol. The van der Waals surface area contributed by atoms with Gasteiger partial charge in [0.25, 0.3) is 5.69 Å². The van der Waals surface area contributed by atoms with E-state index in [1.807, 2.05) is 0 Å². The number of aliphatic hydroxyl groups is 1. The molecule has 1 aromatic rings. The highest BCUT2D eigenvalue weighted by Gasteiger charge is 2.13. The normalized spacial score (nSPS) is 10.4. The SMILES string of the molecule is COCCCCCNc1cc(CO)ccc1[N+](=O)[O-]. The number of hydrogen-bond acceptors (Lipinski definition) is 5. The maximum Gasteiger partial charge on any atom is 0.292 e. The number of rotatable bonds is 9. The van der Waals surface area contributed by atoms with Crippen molar-refractivity contribution in [1.82, 2.24) is 0 Å². The van der Waals surface area contributed by atoms with Crippen LogP contribution in [-0.2, 0) is 11.3 Å². The lowest BCUT2D eigenvalue weighted by atomic mass is 10.1. The van der Waals surface area contributed by atoms with E-state index in [1.54, 1.807) is 19.2 Å². The molecule has 0 amide bonds. The first kappa shape index (κ1) is 15.4. The summed E-state index contributed by atoms with van der Waals surface area (Å²) in [5.41, 5.74) is 1.16. The average molecular weight is 268 g/mol. The van der Waals surface area contributed by atoms with Gasteiger partial charge in [0.15, 0.2) is 0 Å². The van der Waals surface area contributed by atoms with E-state index in [0.29, 0.717) is 17.8 Å². The van der Waals surface area contributed by atoms with Gasteiger partial charge < -0.3 is 15.2 Å². The van der Waals surface area contributed by atoms with Crippen LogP contribution in [0.5, 0.6) is 0 Å². The molecule has 0 bridgehead atoms. The standard InChI is InChI=1S/C13H20N2O4/c1-19-8-4-2-3-7-14-12-9-11(10-16)5-6-13(12)15(17)18/h5-6,9,14,16H,2-4,7-8,10H2,1H3. The highest BCUT2D eigenvalue weighted by molar-refractivity contribution is 5.62. The minimum absolute atomic E-state index is 0.0362. The van der Waals surface area contributed by atoms with Crippen LogP contribution < -0.4 is 5.32 Å². The number of hydrogen-bond donors (Lipinski definition) is 2. The first-order valence-electron chi connectivity index (χ1n) is 6.30. The summed E-state index contributed by atoms with van der Waals surface area (Å²) in [5, 5.41) is 23.0. The number of benzene rings is 1. The molecule has 6 nitrogen and oxygen atoms in total. The van der Waals surface area contributed by atoms with E-state index in [1.165, 1.54) is 6.07 Å². The van der Waals surface area contributed by atoms with E-state index in [0.717, 1.165) is 25.9 Å². The van der Waals surface area contributed by atoms with Crippen LogP contribution in [0.1, 0.15) is 24.8 Å². The summed E-state index contributed by atoms with van der Waals surface area (Å²) in [6, 6.07) is 4.59. The van der Waals surface area contributed by atoms with Crippen LogP contribution in [0.25, 0.3) is 0 Å². The van der Waals surface area contributed by atoms with Gasteiger partial charge in [-0.05, 0) is 37.0 Å². The van der Waals surface area contributed by atoms with Crippen molar-refractivity contribution in [1.29, 1.82) is 0 Å². The molecule has 1 rings (SSSR count). The number of unbranched alkanes of at least 4 members (excludes halogenated alkanes) is 2. The van der Waals surface area contributed by atoms with Crippen LogP contribution >= 0.6 is 0 Å². The fourth-order valence-electron chi connectivity index (χ4n) is 1.75. The van der Waals surface area contributed by atoms with Gasteiger partial charge in [0.2, 0.25) is 0 Å². The molecule has 19 heavy (non-hydrogen) atoms. The number of nitrogens with one attached hydrogen (secondary N) is 1. The third-order valence-corrected chi connectivity index (χ3v) is 2.78. The molecule has 2 N–H and O–H groups in total. The first-order valence-corrected chi connectivity index (χ1v) is 6.30. The van der Waals surface area contributed by atoms with Gasteiger partial charge in [-0.25, -0.2) is 0 Å². The predicted octanol–water partition coefficient (Wildman–Crippen LogP) is 2.32. The van der Waals surface area contributed by atoms with E-state index in [-0.39, 0.29) is 12.3 Å². The molecule has 106 valence electrons. The zero-order chi connectivity index (χ0) is 14.1. The van der Waals surface area contributed by atoms with E-state index < -0.39 is 4.92 Å². The lowest BCUT2D eigenvalue weighted by molar-refractivity contribution is -0.384. The molecule has 0 saturated heterocycles. The summed E-state index contributed by atoms with van der Waals surface area (Å²) in [7, 11) is 1.67. The maximum absolute atomic E-state index is 10.9. The molecular formula is C13H20N2O4. The highest BCUT2D eigenvalue weighted by atomic mass is 16.6. The molecule has 0 radical (unpaired) electrons. The highest BCUT2D eigenvalue weighted by Crippen LogP contribution is 2.25. The third kappa shape index (κ3) is 5.23. The number of aliphatic hydroxyl groups excluding tert-OH is 1. The lowest BCUT2D eigenvalue weighted by Gasteiger charge is -2.08. The van der Waals surface area contributed by atoms with Gasteiger partial charge >= 0.3 is 0 Å². The van der Waals surface area contributed by atoms with Crippen molar-refractivity contribution >= 4 is 11.4 Å². The molecule has 6 heteroatoms. The summed E-state index contributed by atoms with van der Waals surface area (Å²) >= 11 is 0. The van der Waals surface area contributed by atoms with Crippen molar-refractivity contribution < 1.29 is 14.8 Å². The summed E-state index contributed by atoms with van der Waals surface area (Å²) in [6.45, 7) is 1.28. The molecule has 0 fully saturated rings. The summed E-state index contributed by atoms with van der Waals surface area (Å²) in [6.07, 6.45) is 2.91. The Balaban J connectivity index is 2.52. The van der Waals surface area contributed by atoms with Crippen molar-refractivity contribution in [2.24, 2.45) is 0 Å². The molecule has 0 saturated carbocycles. The van der Waals surface area contributed by atoms with Crippen LogP contribution in [0.15, 0.2) is 18.2 Å². The number of anilines is 1. The van der Waals surface area contributed by atoms with Gasteiger partial charge in [0.1, 0.15) is 5.69 Å². The molecule has 0 aliphatic rings. The monoisotopic (exact) mass is 268 g/mol. The van der Waals surface area contributed by atoms with Crippen LogP contribution in [0.3, 0.4) is 0 Å². The van der Waals surface area contributed by atoms with Gasteiger partial charge in [-0.2, -0.15) is 0 Å². The number of nitro benzene ring substituents is 1. The Bertz CT molecular complexity index is 410. The molecule has 0 aromatic heterocycles. The van der Waals surface area contributed by atoms with Crippen LogP contribution in [0, 0.1) is 10.1 Å². The maximum atomic E-state index is 10.9. The van der Waals surface area contributed by atoms with Crippen molar-refractivity contribution in [2.75, 3.05) is 25.6 Å². The summed E-state index contributed by atoms with van der Waals surface area (Å²) in [5.74, 6) is 0. The van der Waals surface area contributed by atoms with E-state index >= 15 is 0 Å². The average Bonchev–Trinajstić information content (AvgIpc) is 2.42. The molecule has 1 aromatic carbocycles. The first-order chi connectivity index (χ1) is 9.19. The van der Waals surface area contributed by atoms with Gasteiger partial charge in [0.05, 0.1) is 11.5 Å². The van der Waals surface area contributed by atoms with Gasteiger partial charge in [-0.15, -0.1) is 0 Å².